The van der Waals surface area contributed by atoms with Crippen LogP contribution in [0.5, 0.6) is 0 Å². The van der Waals surface area contributed by atoms with Crippen molar-refractivity contribution >= 4 is 17.5 Å². The van der Waals surface area contributed by atoms with Crippen LogP contribution < -0.4 is 10.6 Å². The van der Waals surface area contributed by atoms with Gasteiger partial charge in [0.2, 0.25) is 5.89 Å². The second-order valence-corrected chi connectivity index (χ2v) is 4.69. The summed E-state index contributed by atoms with van der Waals surface area (Å²) in [5.74, 6) is 1.19. The summed E-state index contributed by atoms with van der Waals surface area (Å²) >= 11 is 0. The van der Waals surface area contributed by atoms with Crippen molar-refractivity contribution < 1.29 is 14.0 Å². The van der Waals surface area contributed by atoms with Gasteiger partial charge in [-0.05, 0) is 45.0 Å². The maximum absolute atomic E-state index is 11.7. The molecule has 0 bridgehead atoms. The zero-order valence-electron chi connectivity index (χ0n) is 12.2. The smallest absolute Gasteiger partial charge is 0.319 e. The first-order chi connectivity index (χ1) is 9.95. The Hall–Kier alpha value is -2.63. The highest BCUT2D eigenvalue weighted by Gasteiger charge is 2.08. The summed E-state index contributed by atoms with van der Waals surface area (Å²) in [5, 5.41) is 5.32. The van der Waals surface area contributed by atoms with Crippen LogP contribution in [0.3, 0.4) is 0 Å². The van der Waals surface area contributed by atoms with E-state index >= 15 is 0 Å². The van der Waals surface area contributed by atoms with Crippen molar-refractivity contribution in [2.24, 2.45) is 0 Å². The molecule has 1 aromatic heterocycles. The molecule has 0 fully saturated rings. The molecule has 0 aliphatic rings. The van der Waals surface area contributed by atoms with E-state index in [0.717, 1.165) is 11.5 Å². The van der Waals surface area contributed by atoms with Gasteiger partial charge in [-0.3, -0.25) is 4.79 Å². The molecule has 0 saturated heterocycles. The lowest BCUT2D eigenvalue weighted by atomic mass is 10.1. The molecule has 2 amide bonds. The van der Waals surface area contributed by atoms with Crippen molar-refractivity contribution in [3.05, 3.63) is 47.2 Å². The lowest BCUT2D eigenvalue weighted by molar-refractivity contribution is 0.101. The van der Waals surface area contributed by atoms with E-state index in [2.05, 4.69) is 15.6 Å². The number of aromatic nitrogens is 1. The number of Topliss-reactive ketones (excluding diaryl/α,β-unsaturated/α-hetero) is 1. The molecule has 110 valence electrons. The first kappa shape index (κ1) is 14.8. The van der Waals surface area contributed by atoms with E-state index in [-0.39, 0.29) is 18.4 Å². The van der Waals surface area contributed by atoms with Gasteiger partial charge in [0.25, 0.3) is 0 Å². The van der Waals surface area contributed by atoms with Gasteiger partial charge in [0, 0.05) is 11.3 Å². The normalized spacial score (nSPS) is 10.2. The molecule has 6 heteroatoms. The molecule has 0 unspecified atom stereocenters. The summed E-state index contributed by atoms with van der Waals surface area (Å²) in [6.45, 7) is 5.38. The molecule has 0 saturated carbocycles. The van der Waals surface area contributed by atoms with Crippen LogP contribution in [0, 0.1) is 13.8 Å². The lowest BCUT2D eigenvalue weighted by Gasteiger charge is -2.06. The van der Waals surface area contributed by atoms with Gasteiger partial charge in [-0.25, -0.2) is 9.78 Å². The average molecular weight is 287 g/mol. The van der Waals surface area contributed by atoms with Crippen LogP contribution in [0.25, 0.3) is 0 Å². The third-order valence-corrected chi connectivity index (χ3v) is 3.02. The number of benzene rings is 1. The summed E-state index contributed by atoms with van der Waals surface area (Å²) < 4.78 is 5.37. The number of oxazole rings is 1. The number of nitrogens with one attached hydrogen (secondary N) is 2. The van der Waals surface area contributed by atoms with E-state index in [1.54, 1.807) is 24.3 Å². The van der Waals surface area contributed by atoms with Gasteiger partial charge in [-0.1, -0.05) is 0 Å². The third kappa shape index (κ3) is 3.92. The second kappa shape index (κ2) is 6.21. The van der Waals surface area contributed by atoms with Gasteiger partial charge in [-0.2, -0.15) is 0 Å². The van der Waals surface area contributed by atoms with E-state index in [4.69, 9.17) is 4.42 Å². The Morgan fingerprint density at radius 3 is 2.38 bits per heavy atom. The van der Waals surface area contributed by atoms with E-state index in [0.29, 0.717) is 17.1 Å². The van der Waals surface area contributed by atoms with Crippen LogP contribution in [-0.2, 0) is 6.54 Å². The van der Waals surface area contributed by atoms with Crippen LogP contribution in [0.15, 0.2) is 28.7 Å². The van der Waals surface area contributed by atoms with Gasteiger partial charge in [0.05, 0.1) is 12.2 Å². The molecular formula is C15H17N3O3. The molecule has 21 heavy (non-hydrogen) atoms. The van der Waals surface area contributed by atoms with Crippen molar-refractivity contribution in [1.82, 2.24) is 10.3 Å². The maximum Gasteiger partial charge on any atom is 0.319 e. The third-order valence-electron chi connectivity index (χ3n) is 3.02. The van der Waals surface area contributed by atoms with Crippen LogP contribution >= 0.6 is 0 Å². The molecule has 2 rings (SSSR count). The van der Waals surface area contributed by atoms with Crippen LogP contribution in [-0.4, -0.2) is 16.8 Å². The van der Waals surface area contributed by atoms with Crippen molar-refractivity contribution in [3.8, 4) is 0 Å². The number of carbonyl (C=O) groups excluding carboxylic acids is 2. The number of nitrogens with zero attached hydrogens (tertiary/aromatic N) is 1. The van der Waals surface area contributed by atoms with E-state index in [1.807, 2.05) is 13.8 Å². The molecular weight excluding hydrogens is 270 g/mol. The highest BCUT2D eigenvalue weighted by Crippen LogP contribution is 2.10. The van der Waals surface area contributed by atoms with Gasteiger partial charge in [0.15, 0.2) is 5.78 Å². The quantitative estimate of drug-likeness (QED) is 0.847. The molecule has 0 atom stereocenters. The Morgan fingerprint density at radius 1 is 1.19 bits per heavy atom. The topological polar surface area (TPSA) is 84.2 Å². The predicted molar refractivity (Wildman–Crippen MR) is 78.3 cm³/mol. The summed E-state index contributed by atoms with van der Waals surface area (Å²) in [6, 6.07) is 6.32. The molecule has 2 N–H and O–H groups in total. The van der Waals surface area contributed by atoms with Crippen LogP contribution in [0.4, 0.5) is 10.5 Å². The fourth-order valence-corrected chi connectivity index (χ4v) is 1.73. The van der Waals surface area contributed by atoms with E-state index in [1.165, 1.54) is 6.92 Å². The monoisotopic (exact) mass is 287 g/mol. The maximum atomic E-state index is 11.7. The molecule has 2 aromatic rings. The molecule has 0 aliphatic heterocycles. The highest BCUT2D eigenvalue weighted by molar-refractivity contribution is 5.95. The molecule has 0 spiro atoms. The lowest BCUT2D eigenvalue weighted by Crippen LogP contribution is -2.28. The number of rotatable bonds is 4. The predicted octanol–water partition coefficient (Wildman–Crippen LogP) is 2.82. The highest BCUT2D eigenvalue weighted by atomic mass is 16.4. The van der Waals surface area contributed by atoms with Gasteiger partial charge >= 0.3 is 6.03 Å². The Kier molecular flexibility index (Phi) is 4.37. The SMILES string of the molecule is CC(=O)c1ccc(NC(=O)NCc2nc(C)c(C)o2)cc1. The number of carbonyl (C=O) groups is 2. The fourth-order valence-electron chi connectivity index (χ4n) is 1.73. The van der Waals surface area contributed by atoms with Crippen LogP contribution in [0.2, 0.25) is 0 Å². The number of hydrogen-bond donors (Lipinski definition) is 2. The molecule has 6 nitrogen and oxygen atoms in total. The molecule has 0 radical (unpaired) electrons. The number of amides is 2. The minimum atomic E-state index is -0.362. The van der Waals surface area contributed by atoms with E-state index in [9.17, 15) is 9.59 Å². The number of aryl methyl sites for hydroxylation is 2. The number of anilines is 1. The largest absolute Gasteiger partial charge is 0.444 e. The summed E-state index contributed by atoms with van der Waals surface area (Å²) in [6.07, 6.45) is 0. The Morgan fingerprint density at radius 2 is 1.86 bits per heavy atom. The Balaban J connectivity index is 1.88. The fraction of sp³-hybridized carbons (Fsp3) is 0.267. The minimum absolute atomic E-state index is 0.0133. The number of ketones is 1. The average Bonchev–Trinajstić information content (AvgIpc) is 2.76. The zero-order valence-corrected chi connectivity index (χ0v) is 12.2. The van der Waals surface area contributed by atoms with Crippen molar-refractivity contribution in [2.75, 3.05) is 5.32 Å². The van der Waals surface area contributed by atoms with Crippen LogP contribution in [0.1, 0.15) is 34.6 Å². The van der Waals surface area contributed by atoms with Gasteiger partial charge in [0.1, 0.15) is 5.76 Å². The zero-order chi connectivity index (χ0) is 15.4. The van der Waals surface area contributed by atoms with Crippen molar-refractivity contribution in [3.63, 3.8) is 0 Å². The van der Waals surface area contributed by atoms with E-state index < -0.39 is 0 Å². The van der Waals surface area contributed by atoms with Crippen molar-refractivity contribution in [1.29, 1.82) is 0 Å². The van der Waals surface area contributed by atoms with Gasteiger partial charge in [-0.15, -0.1) is 0 Å². The second-order valence-electron chi connectivity index (χ2n) is 4.69. The van der Waals surface area contributed by atoms with Crippen molar-refractivity contribution in [2.45, 2.75) is 27.3 Å². The van der Waals surface area contributed by atoms with Gasteiger partial charge < -0.3 is 15.1 Å². The molecule has 1 aromatic carbocycles. The first-order valence-corrected chi connectivity index (χ1v) is 6.54. The minimum Gasteiger partial charge on any atom is -0.444 e. The Bertz CT molecular complexity index is 640. The Labute approximate surface area is 122 Å². The number of hydrogen-bond acceptors (Lipinski definition) is 4. The number of urea groups is 1. The molecule has 0 aliphatic carbocycles. The summed E-state index contributed by atoms with van der Waals surface area (Å²) in [7, 11) is 0. The first-order valence-electron chi connectivity index (χ1n) is 6.54. The molecule has 1 heterocycles. The summed E-state index contributed by atoms with van der Waals surface area (Å²) in [4.78, 5) is 27.1. The standard InChI is InChI=1S/C15H17N3O3/c1-9-11(3)21-14(17-9)8-16-15(20)18-13-6-4-12(5-7-13)10(2)19/h4-7H,8H2,1-3H3,(H2,16,18,20). The summed E-state index contributed by atoms with van der Waals surface area (Å²) in [5.41, 5.74) is 2.02.